The number of amides is 1. The van der Waals surface area contributed by atoms with Crippen LogP contribution in [0.25, 0.3) is 11.3 Å². The molecule has 168 valence electrons. The van der Waals surface area contributed by atoms with Gasteiger partial charge in [-0.25, -0.2) is 4.98 Å². The molecule has 0 atom stereocenters. The van der Waals surface area contributed by atoms with Crippen molar-refractivity contribution in [1.29, 1.82) is 0 Å². The molecule has 0 spiro atoms. The number of hydrogen-bond acceptors (Lipinski definition) is 7. The molecule has 1 aromatic carbocycles. The van der Waals surface area contributed by atoms with Crippen LogP contribution in [-0.4, -0.2) is 51.1 Å². The largest absolute Gasteiger partial charge is 0.444 e. The van der Waals surface area contributed by atoms with Crippen molar-refractivity contribution in [3.63, 3.8) is 0 Å². The normalized spacial score (nSPS) is 17.2. The second-order valence-corrected chi connectivity index (χ2v) is 9.20. The van der Waals surface area contributed by atoms with Crippen molar-refractivity contribution < 1.29 is 13.7 Å². The first-order valence-electron chi connectivity index (χ1n) is 11.5. The van der Waals surface area contributed by atoms with Gasteiger partial charge >= 0.3 is 6.01 Å². The molecule has 2 aliphatic rings. The maximum Gasteiger partial charge on any atom is 0.324 e. The Labute approximate surface area is 187 Å². The molecule has 32 heavy (non-hydrogen) atoms. The number of anilines is 1. The zero-order valence-corrected chi connectivity index (χ0v) is 18.6. The Morgan fingerprint density at radius 3 is 2.47 bits per heavy atom. The Kier molecular flexibility index (Phi) is 5.68. The zero-order chi connectivity index (χ0) is 22.1. The molecule has 0 unspecified atom stereocenters. The maximum absolute atomic E-state index is 13.4. The van der Waals surface area contributed by atoms with E-state index in [-0.39, 0.29) is 11.9 Å². The number of hydrogen-bond donors (Lipinski definition) is 0. The lowest BCUT2D eigenvalue weighted by Gasteiger charge is -2.38. The Bertz CT molecular complexity index is 1030. The summed E-state index contributed by atoms with van der Waals surface area (Å²) in [5.41, 5.74) is 1.64. The van der Waals surface area contributed by atoms with Crippen molar-refractivity contribution in [2.45, 2.75) is 58.0 Å². The minimum Gasteiger partial charge on any atom is -0.444 e. The fourth-order valence-electron chi connectivity index (χ4n) is 4.42. The summed E-state index contributed by atoms with van der Waals surface area (Å²) in [6, 6.07) is 8.81. The van der Waals surface area contributed by atoms with Crippen molar-refractivity contribution >= 4 is 11.9 Å². The summed E-state index contributed by atoms with van der Waals surface area (Å²) in [6.45, 7) is 5.92. The molecule has 1 aliphatic carbocycles. The molecule has 2 aromatic heterocycles. The molecule has 0 N–H and O–H groups in total. The molecule has 1 amide bonds. The minimum absolute atomic E-state index is 0.118. The van der Waals surface area contributed by atoms with Crippen molar-refractivity contribution in [3.05, 3.63) is 48.2 Å². The molecule has 0 bridgehead atoms. The van der Waals surface area contributed by atoms with Gasteiger partial charge in [0.1, 0.15) is 0 Å². The van der Waals surface area contributed by atoms with E-state index in [1.807, 2.05) is 24.3 Å². The van der Waals surface area contributed by atoms with E-state index < -0.39 is 0 Å². The van der Waals surface area contributed by atoms with Crippen LogP contribution in [0.1, 0.15) is 55.7 Å². The molecular formula is C24H29N5O3. The Morgan fingerprint density at radius 2 is 1.84 bits per heavy atom. The lowest BCUT2D eigenvalue weighted by Crippen LogP contribution is -2.48. The Morgan fingerprint density at radius 1 is 1.12 bits per heavy atom. The van der Waals surface area contributed by atoms with Crippen molar-refractivity contribution in [2.75, 3.05) is 18.0 Å². The first-order chi connectivity index (χ1) is 15.6. The topological polar surface area (TPSA) is 88.5 Å². The van der Waals surface area contributed by atoms with Gasteiger partial charge in [0.2, 0.25) is 0 Å². The van der Waals surface area contributed by atoms with Crippen molar-refractivity contribution in [2.24, 2.45) is 5.92 Å². The summed E-state index contributed by atoms with van der Waals surface area (Å²) in [5.74, 6) is 2.08. The maximum atomic E-state index is 13.4. The number of nitrogens with zero attached hydrogens (tertiary/aromatic N) is 5. The summed E-state index contributed by atoms with van der Waals surface area (Å²) in [7, 11) is 0. The zero-order valence-electron chi connectivity index (χ0n) is 18.6. The van der Waals surface area contributed by atoms with Gasteiger partial charge in [-0.15, -0.1) is 0 Å². The summed E-state index contributed by atoms with van der Waals surface area (Å²) >= 11 is 0. The molecule has 3 aromatic rings. The van der Waals surface area contributed by atoms with Crippen molar-refractivity contribution in [1.82, 2.24) is 20.0 Å². The number of carbonyl (C=O) groups excluding carboxylic acids is 1. The number of benzene rings is 1. The average Bonchev–Trinajstić information content (AvgIpc) is 3.27. The SMILES string of the molecule is CC(C)Cc1noc(N2CCC(N(C(=O)c3ccc(-c4cnco4)cc3)C3CC3)CC2)n1. The van der Waals surface area contributed by atoms with Crippen LogP contribution in [0.15, 0.2) is 45.8 Å². The van der Waals surface area contributed by atoms with Crippen molar-refractivity contribution in [3.8, 4) is 11.3 Å². The second-order valence-electron chi connectivity index (χ2n) is 9.20. The number of carbonyl (C=O) groups is 1. The van der Waals surface area contributed by atoms with Crippen LogP contribution in [-0.2, 0) is 6.42 Å². The third kappa shape index (κ3) is 4.40. The fraction of sp³-hybridized carbons (Fsp3) is 0.500. The number of piperidine rings is 1. The average molecular weight is 436 g/mol. The molecule has 1 saturated carbocycles. The van der Waals surface area contributed by atoms with E-state index in [0.29, 0.717) is 23.7 Å². The van der Waals surface area contributed by atoms with E-state index in [0.717, 1.165) is 62.1 Å². The van der Waals surface area contributed by atoms with E-state index in [1.54, 1.807) is 6.20 Å². The number of rotatable bonds is 7. The lowest BCUT2D eigenvalue weighted by atomic mass is 10.0. The van der Waals surface area contributed by atoms with E-state index in [4.69, 9.17) is 8.94 Å². The van der Waals surface area contributed by atoms with Crippen LogP contribution in [0.4, 0.5) is 6.01 Å². The van der Waals surface area contributed by atoms with Crippen LogP contribution in [0.3, 0.4) is 0 Å². The van der Waals surface area contributed by atoms with E-state index >= 15 is 0 Å². The molecular weight excluding hydrogens is 406 g/mol. The van der Waals surface area contributed by atoms with Crippen LogP contribution >= 0.6 is 0 Å². The van der Waals surface area contributed by atoms with E-state index in [1.165, 1.54) is 6.39 Å². The monoisotopic (exact) mass is 435 g/mol. The van der Waals surface area contributed by atoms with Crippen LogP contribution in [0.5, 0.6) is 0 Å². The van der Waals surface area contributed by atoms with E-state index in [2.05, 4.69) is 38.8 Å². The number of oxazole rings is 1. The van der Waals surface area contributed by atoms with Gasteiger partial charge in [0.05, 0.1) is 6.20 Å². The van der Waals surface area contributed by atoms with Crippen LogP contribution < -0.4 is 4.90 Å². The van der Waals surface area contributed by atoms with Gasteiger partial charge in [0.25, 0.3) is 5.91 Å². The lowest BCUT2D eigenvalue weighted by molar-refractivity contribution is 0.0629. The quantitative estimate of drug-likeness (QED) is 0.549. The molecule has 1 aliphatic heterocycles. The highest BCUT2D eigenvalue weighted by molar-refractivity contribution is 5.95. The summed E-state index contributed by atoms with van der Waals surface area (Å²) in [5, 5.41) is 4.11. The highest BCUT2D eigenvalue weighted by Crippen LogP contribution is 2.34. The Hall–Kier alpha value is -3.16. The van der Waals surface area contributed by atoms with Gasteiger partial charge in [0.15, 0.2) is 18.0 Å². The minimum atomic E-state index is 0.118. The molecule has 1 saturated heterocycles. The van der Waals surface area contributed by atoms with Gasteiger partial charge in [-0.3, -0.25) is 4.79 Å². The molecule has 0 radical (unpaired) electrons. The molecule has 2 fully saturated rings. The summed E-state index contributed by atoms with van der Waals surface area (Å²) in [4.78, 5) is 26.2. The first kappa shape index (κ1) is 20.7. The van der Waals surface area contributed by atoms with Gasteiger partial charge in [-0.2, -0.15) is 4.98 Å². The standard InChI is InChI=1S/C24H29N5O3/c1-16(2)13-22-26-24(32-27-22)28-11-9-20(10-12-28)29(19-7-8-19)23(30)18-5-3-17(4-6-18)21-14-25-15-31-21/h3-6,14-16,19-20H,7-13H2,1-2H3. The molecule has 3 heterocycles. The highest BCUT2D eigenvalue weighted by Gasteiger charge is 2.39. The first-order valence-corrected chi connectivity index (χ1v) is 11.5. The van der Waals surface area contributed by atoms with Crippen LogP contribution in [0.2, 0.25) is 0 Å². The predicted octanol–water partition coefficient (Wildman–Crippen LogP) is 4.20. The molecule has 8 heteroatoms. The van der Waals surface area contributed by atoms with Gasteiger partial charge in [0, 0.05) is 42.7 Å². The molecule has 5 rings (SSSR count). The van der Waals surface area contributed by atoms with Gasteiger partial charge in [-0.05, 0) is 43.7 Å². The molecule has 8 nitrogen and oxygen atoms in total. The number of aromatic nitrogens is 3. The summed E-state index contributed by atoms with van der Waals surface area (Å²) < 4.78 is 10.8. The van der Waals surface area contributed by atoms with Crippen LogP contribution in [0, 0.1) is 5.92 Å². The second kappa shape index (κ2) is 8.76. The third-order valence-corrected chi connectivity index (χ3v) is 6.20. The predicted molar refractivity (Wildman–Crippen MR) is 119 cm³/mol. The summed E-state index contributed by atoms with van der Waals surface area (Å²) in [6.07, 6.45) is 7.89. The van der Waals surface area contributed by atoms with Gasteiger partial charge in [-0.1, -0.05) is 31.1 Å². The fourth-order valence-corrected chi connectivity index (χ4v) is 4.42. The van der Waals surface area contributed by atoms with E-state index in [9.17, 15) is 4.79 Å². The third-order valence-electron chi connectivity index (χ3n) is 6.20. The Balaban J connectivity index is 1.24. The highest BCUT2D eigenvalue weighted by atomic mass is 16.5. The van der Waals surface area contributed by atoms with Gasteiger partial charge < -0.3 is 18.7 Å². The smallest absolute Gasteiger partial charge is 0.324 e.